The summed E-state index contributed by atoms with van der Waals surface area (Å²) in [5, 5.41) is 3.07. The second-order valence-corrected chi connectivity index (χ2v) is 3.07. The van der Waals surface area contributed by atoms with Gasteiger partial charge >= 0.3 is 0 Å². The molecule has 3 heteroatoms. The van der Waals surface area contributed by atoms with Crippen LogP contribution in [0.1, 0.15) is 12.0 Å². The van der Waals surface area contributed by atoms with E-state index in [2.05, 4.69) is 5.32 Å². The van der Waals surface area contributed by atoms with E-state index >= 15 is 0 Å². The van der Waals surface area contributed by atoms with Crippen LogP contribution in [0.3, 0.4) is 0 Å². The molecule has 0 aliphatic carbocycles. The highest BCUT2D eigenvalue weighted by Gasteiger charge is 1.94. The number of alkyl halides is 1. The molecule has 0 heterocycles. The minimum absolute atomic E-state index is 0.322. The van der Waals surface area contributed by atoms with E-state index in [4.69, 9.17) is 4.74 Å². The van der Waals surface area contributed by atoms with Crippen molar-refractivity contribution in [3.05, 3.63) is 29.8 Å². The molecule has 1 aromatic rings. The third-order valence-electron chi connectivity index (χ3n) is 1.85. The molecule has 0 spiro atoms. The molecule has 0 bridgehead atoms. The Morgan fingerprint density at radius 3 is 2.57 bits per heavy atom. The fourth-order valence-electron chi connectivity index (χ4n) is 1.15. The van der Waals surface area contributed by atoms with E-state index in [1.54, 1.807) is 0 Å². The molecule has 0 fully saturated rings. The second-order valence-electron chi connectivity index (χ2n) is 3.07. The number of rotatable bonds is 6. The van der Waals surface area contributed by atoms with Crippen LogP contribution in [0, 0.1) is 0 Å². The first-order valence-corrected chi connectivity index (χ1v) is 4.79. The van der Waals surface area contributed by atoms with Crippen molar-refractivity contribution >= 4 is 0 Å². The Kier molecular flexibility index (Phi) is 5.00. The van der Waals surface area contributed by atoms with Crippen LogP contribution in [-0.4, -0.2) is 20.3 Å². The van der Waals surface area contributed by atoms with Gasteiger partial charge in [-0.15, -0.1) is 0 Å². The standard InChI is InChI=1S/C11H16FNO/c1-13-9-10-3-5-11(6-4-10)14-8-2-7-12/h3-6,13H,2,7-9H2,1H3. The van der Waals surface area contributed by atoms with Gasteiger partial charge in [-0.3, -0.25) is 4.39 Å². The van der Waals surface area contributed by atoms with Crippen LogP contribution in [-0.2, 0) is 6.54 Å². The molecule has 78 valence electrons. The molecule has 14 heavy (non-hydrogen) atoms. The summed E-state index contributed by atoms with van der Waals surface area (Å²) in [6.45, 7) is 0.977. The molecule has 0 aliphatic heterocycles. The van der Waals surface area contributed by atoms with E-state index in [0.717, 1.165) is 12.3 Å². The van der Waals surface area contributed by atoms with Crippen molar-refractivity contribution in [2.45, 2.75) is 13.0 Å². The largest absolute Gasteiger partial charge is 0.494 e. The van der Waals surface area contributed by atoms with E-state index in [-0.39, 0.29) is 6.67 Å². The van der Waals surface area contributed by atoms with Crippen LogP contribution in [0.4, 0.5) is 4.39 Å². The summed E-state index contributed by atoms with van der Waals surface area (Å²) in [5.41, 5.74) is 1.21. The van der Waals surface area contributed by atoms with Crippen LogP contribution in [0.2, 0.25) is 0 Å². The number of ether oxygens (including phenoxy) is 1. The Balaban J connectivity index is 2.38. The average molecular weight is 197 g/mol. The lowest BCUT2D eigenvalue weighted by Gasteiger charge is -2.05. The number of hydrogen-bond donors (Lipinski definition) is 1. The van der Waals surface area contributed by atoms with Gasteiger partial charge in [-0.05, 0) is 24.7 Å². The maximum Gasteiger partial charge on any atom is 0.119 e. The zero-order chi connectivity index (χ0) is 10.2. The Bertz CT molecular complexity index is 248. The Morgan fingerprint density at radius 2 is 2.00 bits per heavy atom. The van der Waals surface area contributed by atoms with Crippen molar-refractivity contribution in [2.24, 2.45) is 0 Å². The summed E-state index contributed by atoms with van der Waals surface area (Å²) in [5.74, 6) is 0.804. The molecule has 0 aliphatic rings. The Morgan fingerprint density at radius 1 is 1.29 bits per heavy atom. The van der Waals surface area contributed by atoms with Gasteiger partial charge in [0, 0.05) is 13.0 Å². The number of halogens is 1. The van der Waals surface area contributed by atoms with E-state index in [1.165, 1.54) is 5.56 Å². The topological polar surface area (TPSA) is 21.3 Å². The number of hydrogen-bond acceptors (Lipinski definition) is 2. The smallest absolute Gasteiger partial charge is 0.119 e. The molecule has 0 unspecified atom stereocenters. The monoisotopic (exact) mass is 197 g/mol. The Labute approximate surface area is 84.1 Å². The lowest BCUT2D eigenvalue weighted by atomic mass is 10.2. The van der Waals surface area contributed by atoms with Crippen LogP contribution in [0.5, 0.6) is 5.75 Å². The minimum Gasteiger partial charge on any atom is -0.494 e. The molecule has 0 atom stereocenters. The van der Waals surface area contributed by atoms with Crippen molar-refractivity contribution in [3.63, 3.8) is 0 Å². The maximum absolute atomic E-state index is 11.8. The third-order valence-corrected chi connectivity index (χ3v) is 1.85. The quantitative estimate of drug-likeness (QED) is 0.705. The molecule has 1 rings (SSSR count). The fraction of sp³-hybridized carbons (Fsp3) is 0.455. The predicted molar refractivity (Wildman–Crippen MR) is 55.3 cm³/mol. The van der Waals surface area contributed by atoms with Gasteiger partial charge in [-0.2, -0.15) is 0 Å². The summed E-state index contributed by atoms with van der Waals surface area (Å²) >= 11 is 0. The zero-order valence-electron chi connectivity index (χ0n) is 8.42. The molecular formula is C11H16FNO. The first-order chi connectivity index (χ1) is 6.86. The summed E-state index contributed by atoms with van der Waals surface area (Å²) in [4.78, 5) is 0. The highest BCUT2D eigenvalue weighted by Crippen LogP contribution is 2.12. The minimum atomic E-state index is -0.322. The average Bonchev–Trinajstić information content (AvgIpc) is 2.21. The first kappa shape index (κ1) is 11.0. The maximum atomic E-state index is 11.8. The van der Waals surface area contributed by atoms with E-state index in [1.807, 2.05) is 31.3 Å². The van der Waals surface area contributed by atoms with Gasteiger partial charge in [0.1, 0.15) is 5.75 Å². The normalized spacial score (nSPS) is 10.1. The zero-order valence-corrected chi connectivity index (χ0v) is 8.42. The van der Waals surface area contributed by atoms with Crippen molar-refractivity contribution < 1.29 is 9.13 Å². The number of nitrogens with one attached hydrogen (secondary N) is 1. The summed E-state index contributed by atoms with van der Waals surface area (Å²) in [7, 11) is 1.91. The molecule has 0 saturated heterocycles. The highest BCUT2D eigenvalue weighted by molar-refractivity contribution is 5.27. The van der Waals surface area contributed by atoms with Gasteiger partial charge < -0.3 is 10.1 Å². The molecule has 0 radical (unpaired) electrons. The summed E-state index contributed by atoms with van der Waals surface area (Å²) < 4.78 is 17.1. The predicted octanol–water partition coefficient (Wildman–Crippen LogP) is 2.14. The fourth-order valence-corrected chi connectivity index (χ4v) is 1.15. The van der Waals surface area contributed by atoms with Crippen LogP contribution in [0.25, 0.3) is 0 Å². The van der Waals surface area contributed by atoms with Crippen LogP contribution < -0.4 is 10.1 Å². The van der Waals surface area contributed by atoms with Crippen molar-refractivity contribution in [2.75, 3.05) is 20.3 Å². The van der Waals surface area contributed by atoms with Crippen LogP contribution in [0.15, 0.2) is 24.3 Å². The van der Waals surface area contributed by atoms with E-state index in [0.29, 0.717) is 13.0 Å². The van der Waals surface area contributed by atoms with Gasteiger partial charge in [-0.25, -0.2) is 0 Å². The molecule has 1 aromatic carbocycles. The van der Waals surface area contributed by atoms with Gasteiger partial charge in [0.05, 0.1) is 13.3 Å². The van der Waals surface area contributed by atoms with E-state index in [9.17, 15) is 4.39 Å². The Hall–Kier alpha value is -1.09. The van der Waals surface area contributed by atoms with Gasteiger partial charge in [-0.1, -0.05) is 12.1 Å². The molecule has 2 nitrogen and oxygen atoms in total. The molecular weight excluding hydrogens is 181 g/mol. The molecule has 0 saturated carbocycles. The molecule has 0 aromatic heterocycles. The van der Waals surface area contributed by atoms with Crippen molar-refractivity contribution in [1.82, 2.24) is 5.32 Å². The summed E-state index contributed by atoms with van der Waals surface area (Å²) in [6, 6.07) is 7.82. The second kappa shape index (κ2) is 6.38. The first-order valence-electron chi connectivity index (χ1n) is 4.79. The molecule has 1 N–H and O–H groups in total. The third kappa shape index (κ3) is 3.75. The van der Waals surface area contributed by atoms with Crippen molar-refractivity contribution in [1.29, 1.82) is 0 Å². The van der Waals surface area contributed by atoms with Gasteiger partial charge in [0.15, 0.2) is 0 Å². The lowest BCUT2D eigenvalue weighted by Crippen LogP contribution is -2.04. The summed E-state index contributed by atoms with van der Waals surface area (Å²) in [6.07, 6.45) is 0.457. The SMILES string of the molecule is CNCc1ccc(OCCCF)cc1. The molecule has 0 amide bonds. The van der Waals surface area contributed by atoms with Crippen LogP contribution >= 0.6 is 0 Å². The van der Waals surface area contributed by atoms with Gasteiger partial charge in [0.2, 0.25) is 0 Å². The van der Waals surface area contributed by atoms with Gasteiger partial charge in [0.25, 0.3) is 0 Å². The highest BCUT2D eigenvalue weighted by atomic mass is 19.1. The lowest BCUT2D eigenvalue weighted by molar-refractivity contribution is 0.289. The number of benzene rings is 1. The van der Waals surface area contributed by atoms with Crippen molar-refractivity contribution in [3.8, 4) is 5.75 Å². The van der Waals surface area contributed by atoms with E-state index < -0.39 is 0 Å².